The summed E-state index contributed by atoms with van der Waals surface area (Å²) in [5.41, 5.74) is -1.74. The van der Waals surface area contributed by atoms with E-state index in [4.69, 9.17) is 0 Å². The second-order valence-electron chi connectivity index (χ2n) is 11.0. The van der Waals surface area contributed by atoms with Gasteiger partial charge in [0.05, 0.1) is 29.9 Å². The van der Waals surface area contributed by atoms with Crippen molar-refractivity contribution in [1.82, 2.24) is 19.6 Å². The van der Waals surface area contributed by atoms with Crippen molar-refractivity contribution in [3.05, 3.63) is 70.0 Å². The van der Waals surface area contributed by atoms with Crippen molar-refractivity contribution < 1.29 is 35.5 Å². The van der Waals surface area contributed by atoms with E-state index in [9.17, 15) is 35.5 Å². The molecular formula is C29H37F7N4O. The van der Waals surface area contributed by atoms with Gasteiger partial charge >= 0.3 is 18.4 Å². The molecule has 0 spiro atoms. The second-order valence-corrected chi connectivity index (χ2v) is 11.0. The molecule has 2 aromatic carbocycles. The summed E-state index contributed by atoms with van der Waals surface area (Å²) in [5, 5.41) is 0. The number of benzene rings is 2. The largest absolute Gasteiger partial charge is 0.416 e. The normalized spacial score (nSPS) is 18.9. The molecule has 3 rings (SSSR count). The Labute approximate surface area is 236 Å². The van der Waals surface area contributed by atoms with Gasteiger partial charge in [0.25, 0.3) is 0 Å². The average molecular weight is 591 g/mol. The van der Waals surface area contributed by atoms with Crippen LogP contribution >= 0.6 is 0 Å². The highest BCUT2D eigenvalue weighted by Gasteiger charge is 2.42. The number of amides is 2. The number of likely N-dealkylation sites (tertiary alicyclic amines) is 1. The summed E-state index contributed by atoms with van der Waals surface area (Å²) in [7, 11) is 5.26. The summed E-state index contributed by atoms with van der Waals surface area (Å²) in [4.78, 5) is 20.9. The van der Waals surface area contributed by atoms with Crippen LogP contribution in [0.5, 0.6) is 0 Å². The van der Waals surface area contributed by atoms with Crippen molar-refractivity contribution in [3.63, 3.8) is 0 Å². The summed E-state index contributed by atoms with van der Waals surface area (Å²) in [6, 6.07) is 3.64. The molecule has 1 saturated heterocycles. The molecule has 228 valence electrons. The highest BCUT2D eigenvalue weighted by molar-refractivity contribution is 5.76. The Balaban J connectivity index is 1.98. The summed E-state index contributed by atoms with van der Waals surface area (Å²) in [5.74, 6) is -0.450. The molecule has 5 nitrogen and oxygen atoms in total. The first kappa shape index (κ1) is 32.7. The van der Waals surface area contributed by atoms with Gasteiger partial charge in [-0.1, -0.05) is 13.0 Å². The third-order valence-electron chi connectivity index (χ3n) is 7.72. The number of halogens is 7. The molecule has 1 heterocycles. The molecule has 41 heavy (non-hydrogen) atoms. The van der Waals surface area contributed by atoms with E-state index in [0.717, 1.165) is 12.1 Å². The maximum atomic E-state index is 14.0. The van der Waals surface area contributed by atoms with Gasteiger partial charge in [-0.05, 0) is 93.8 Å². The van der Waals surface area contributed by atoms with Crippen LogP contribution in [0.3, 0.4) is 0 Å². The minimum Gasteiger partial charge on any atom is -0.321 e. The van der Waals surface area contributed by atoms with Gasteiger partial charge in [-0.3, -0.25) is 9.80 Å². The second kappa shape index (κ2) is 12.6. The molecule has 2 aromatic rings. The van der Waals surface area contributed by atoms with Crippen LogP contribution in [0.15, 0.2) is 36.4 Å². The van der Waals surface area contributed by atoms with E-state index in [2.05, 4.69) is 4.90 Å². The van der Waals surface area contributed by atoms with Crippen molar-refractivity contribution in [2.75, 3.05) is 47.4 Å². The zero-order valence-corrected chi connectivity index (χ0v) is 24.1. The smallest absolute Gasteiger partial charge is 0.321 e. The number of nitrogens with zero attached hydrogens (tertiary/aromatic N) is 4. The average Bonchev–Trinajstić information content (AvgIpc) is 3.28. The number of urea groups is 1. The number of carbonyl (C=O) groups excluding carboxylic acids is 1. The minimum atomic E-state index is -5.00. The Morgan fingerprint density at radius 3 is 2.07 bits per heavy atom. The Bertz CT molecular complexity index is 1180. The zero-order chi connectivity index (χ0) is 30.9. The van der Waals surface area contributed by atoms with Gasteiger partial charge in [0.15, 0.2) is 0 Å². The number of carbonyl (C=O) groups is 1. The lowest BCUT2D eigenvalue weighted by Gasteiger charge is -2.37. The fourth-order valence-electron chi connectivity index (χ4n) is 5.49. The molecule has 0 N–H and O–H groups in total. The van der Waals surface area contributed by atoms with E-state index in [1.54, 1.807) is 17.9 Å². The summed E-state index contributed by atoms with van der Waals surface area (Å²) in [6.07, 6.45) is -9.37. The predicted octanol–water partition coefficient (Wildman–Crippen LogP) is 7.19. The highest BCUT2D eigenvalue weighted by Crippen LogP contribution is 2.42. The number of alkyl halides is 6. The number of rotatable bonds is 8. The lowest BCUT2D eigenvalue weighted by molar-refractivity contribution is -0.143. The van der Waals surface area contributed by atoms with E-state index >= 15 is 0 Å². The summed E-state index contributed by atoms with van der Waals surface area (Å²) in [6.45, 7) is 7.59. The van der Waals surface area contributed by atoms with Crippen LogP contribution in [-0.4, -0.2) is 73.1 Å². The molecule has 1 fully saturated rings. The van der Waals surface area contributed by atoms with E-state index in [1.165, 1.54) is 31.0 Å². The molecule has 0 bridgehead atoms. The van der Waals surface area contributed by atoms with Crippen molar-refractivity contribution in [2.24, 2.45) is 5.92 Å². The Morgan fingerprint density at radius 2 is 1.59 bits per heavy atom. The van der Waals surface area contributed by atoms with Crippen molar-refractivity contribution in [2.45, 2.75) is 51.6 Å². The molecule has 0 radical (unpaired) electrons. The Hall–Kier alpha value is -2.86. The molecule has 3 unspecified atom stereocenters. The third kappa shape index (κ3) is 7.71. The first-order valence-corrected chi connectivity index (χ1v) is 13.4. The van der Waals surface area contributed by atoms with Gasteiger partial charge in [-0.25, -0.2) is 9.18 Å². The van der Waals surface area contributed by atoms with Crippen LogP contribution in [0.2, 0.25) is 0 Å². The van der Waals surface area contributed by atoms with Crippen LogP contribution in [0, 0.1) is 18.7 Å². The van der Waals surface area contributed by atoms with Gasteiger partial charge < -0.3 is 9.80 Å². The number of aryl methyl sites for hydroxylation is 1. The van der Waals surface area contributed by atoms with Crippen LogP contribution in [0.1, 0.15) is 60.2 Å². The quantitative estimate of drug-likeness (QED) is 0.241. The molecular weight excluding hydrogens is 553 g/mol. The van der Waals surface area contributed by atoms with E-state index in [0.29, 0.717) is 43.9 Å². The lowest BCUT2D eigenvalue weighted by Crippen LogP contribution is -2.44. The van der Waals surface area contributed by atoms with Crippen LogP contribution < -0.4 is 0 Å². The minimum absolute atomic E-state index is 0.0305. The van der Waals surface area contributed by atoms with Gasteiger partial charge in [0, 0.05) is 20.1 Å². The molecule has 0 aliphatic carbocycles. The topological polar surface area (TPSA) is 30.0 Å². The zero-order valence-electron chi connectivity index (χ0n) is 24.1. The van der Waals surface area contributed by atoms with Crippen molar-refractivity contribution in [1.29, 1.82) is 0 Å². The number of hydrogen-bond donors (Lipinski definition) is 0. The lowest BCUT2D eigenvalue weighted by atomic mass is 9.90. The third-order valence-corrected chi connectivity index (χ3v) is 7.72. The SMILES string of the molecule is CCN(CC1CCN(C(=O)N(C)C(C)c2cc(C(F)(F)F)cc(C(F)(F)F)c2)C1c1ccc(F)cc1C)CN(C)C. The first-order valence-electron chi connectivity index (χ1n) is 13.4. The summed E-state index contributed by atoms with van der Waals surface area (Å²) >= 11 is 0. The molecule has 1 aliphatic rings. The maximum Gasteiger partial charge on any atom is 0.416 e. The molecule has 2 amide bonds. The van der Waals surface area contributed by atoms with Gasteiger partial charge in [0.1, 0.15) is 5.82 Å². The van der Waals surface area contributed by atoms with E-state index in [1.807, 2.05) is 25.9 Å². The van der Waals surface area contributed by atoms with Crippen molar-refractivity contribution >= 4 is 6.03 Å². The summed E-state index contributed by atoms with van der Waals surface area (Å²) < 4.78 is 94.8. The molecule has 1 aliphatic heterocycles. The fraction of sp³-hybridized carbons (Fsp3) is 0.552. The predicted molar refractivity (Wildman–Crippen MR) is 143 cm³/mol. The van der Waals surface area contributed by atoms with Crippen LogP contribution in [0.4, 0.5) is 35.5 Å². The number of hydrogen-bond acceptors (Lipinski definition) is 3. The monoisotopic (exact) mass is 590 g/mol. The first-order chi connectivity index (χ1) is 18.9. The molecule has 12 heteroatoms. The van der Waals surface area contributed by atoms with E-state index < -0.39 is 47.4 Å². The van der Waals surface area contributed by atoms with Gasteiger partial charge in [-0.15, -0.1) is 0 Å². The fourth-order valence-corrected chi connectivity index (χ4v) is 5.49. The standard InChI is InChI=1S/C29H37F7N4O/c1-7-39(17-37(4)5)16-20-10-11-40(26(20)25-9-8-24(30)12-18(25)2)27(41)38(6)19(3)21-13-22(28(31,32)33)15-23(14-21)29(34,35)36/h8-9,12-15,19-20,26H,7,10-11,16-17H2,1-6H3. The van der Waals surface area contributed by atoms with Crippen molar-refractivity contribution in [3.8, 4) is 0 Å². The van der Waals surface area contributed by atoms with Crippen LogP contribution in [-0.2, 0) is 12.4 Å². The molecule has 0 aromatic heterocycles. The van der Waals surface area contributed by atoms with Crippen LogP contribution in [0.25, 0.3) is 0 Å². The Kier molecular flexibility index (Phi) is 10.0. The molecule has 0 saturated carbocycles. The van der Waals surface area contributed by atoms with E-state index in [-0.39, 0.29) is 17.5 Å². The Morgan fingerprint density at radius 1 is 1.00 bits per heavy atom. The molecule has 3 atom stereocenters. The van der Waals surface area contributed by atoms with Gasteiger partial charge in [-0.2, -0.15) is 26.3 Å². The highest BCUT2D eigenvalue weighted by atomic mass is 19.4. The maximum absolute atomic E-state index is 14.0. The van der Waals surface area contributed by atoms with Gasteiger partial charge in [0.2, 0.25) is 0 Å².